The molecule has 1 aromatic rings. The van der Waals surface area contributed by atoms with Gasteiger partial charge in [0.1, 0.15) is 4.75 Å². The van der Waals surface area contributed by atoms with Crippen molar-refractivity contribution in [3.8, 4) is 0 Å². The van der Waals surface area contributed by atoms with Crippen molar-refractivity contribution >= 4 is 15.8 Å². The topological polar surface area (TPSA) is 63.7 Å². The van der Waals surface area contributed by atoms with E-state index >= 15 is 0 Å². The third-order valence-corrected chi connectivity index (χ3v) is 9.71. The fourth-order valence-corrected chi connectivity index (χ4v) is 8.88. The largest absolute Gasteiger partial charge is 0.449 e. The molecule has 0 N–H and O–H groups in total. The zero-order valence-electron chi connectivity index (χ0n) is 13.7. The van der Waals surface area contributed by atoms with Crippen LogP contribution in [-0.4, -0.2) is 48.3 Å². The molecule has 130 valence electrons. The summed E-state index contributed by atoms with van der Waals surface area (Å²) in [5, 5.41) is 0. The molecule has 2 aliphatic carbocycles. The van der Waals surface area contributed by atoms with Gasteiger partial charge in [-0.15, -0.1) is 0 Å². The Morgan fingerprint density at radius 2 is 1.96 bits per heavy atom. The molecule has 4 fully saturated rings. The van der Waals surface area contributed by atoms with E-state index in [0.717, 1.165) is 31.4 Å². The lowest BCUT2D eigenvalue weighted by Crippen LogP contribution is -2.53. The SMILES string of the molecule is O=C1C=C2C[C@]3(S(=O)(=O)c4ccccc4)C4[C@@H]3N3CCCCC3[C@@]24O1. The molecule has 3 heterocycles. The fourth-order valence-electron chi connectivity index (χ4n) is 6.43. The van der Waals surface area contributed by atoms with Crippen LogP contribution in [0.3, 0.4) is 0 Å². The van der Waals surface area contributed by atoms with E-state index in [0.29, 0.717) is 11.3 Å². The quantitative estimate of drug-likeness (QED) is 0.754. The Morgan fingerprint density at radius 3 is 2.76 bits per heavy atom. The van der Waals surface area contributed by atoms with Gasteiger partial charge in [0.25, 0.3) is 0 Å². The van der Waals surface area contributed by atoms with Gasteiger partial charge in [0.2, 0.25) is 0 Å². The zero-order valence-corrected chi connectivity index (χ0v) is 14.5. The number of carbonyl (C=O) groups is 1. The number of rotatable bonds is 2. The molecule has 0 radical (unpaired) electrons. The van der Waals surface area contributed by atoms with Gasteiger partial charge in [-0.05, 0) is 43.5 Å². The van der Waals surface area contributed by atoms with Crippen LogP contribution in [0.1, 0.15) is 25.7 Å². The molecular weight excluding hydrogens is 338 g/mol. The first kappa shape index (κ1) is 14.5. The van der Waals surface area contributed by atoms with Gasteiger partial charge in [-0.25, -0.2) is 13.2 Å². The Hall–Kier alpha value is -1.66. The van der Waals surface area contributed by atoms with Crippen LogP contribution in [0.15, 0.2) is 46.9 Å². The summed E-state index contributed by atoms with van der Waals surface area (Å²) >= 11 is 0. The molecule has 3 aliphatic heterocycles. The first-order valence-corrected chi connectivity index (χ1v) is 10.5. The molecule has 2 saturated carbocycles. The van der Waals surface area contributed by atoms with Gasteiger partial charge >= 0.3 is 5.97 Å². The van der Waals surface area contributed by atoms with Crippen molar-refractivity contribution in [3.05, 3.63) is 42.0 Å². The van der Waals surface area contributed by atoms with Crippen LogP contribution in [0.2, 0.25) is 0 Å². The summed E-state index contributed by atoms with van der Waals surface area (Å²) in [5.41, 5.74) is 0.247. The minimum absolute atomic E-state index is 0.00828. The molecule has 5 aliphatic rings. The number of esters is 1. The Labute approximate surface area is 146 Å². The summed E-state index contributed by atoms with van der Waals surface area (Å²) in [6.07, 6.45) is 5.21. The molecule has 0 aromatic heterocycles. The van der Waals surface area contributed by atoms with Crippen molar-refractivity contribution in [2.75, 3.05) is 6.54 Å². The molecule has 0 bridgehead atoms. The van der Waals surface area contributed by atoms with E-state index in [1.165, 1.54) is 0 Å². The summed E-state index contributed by atoms with van der Waals surface area (Å²) < 4.78 is 32.2. The first-order valence-electron chi connectivity index (χ1n) is 9.03. The number of nitrogens with zero attached hydrogens (tertiary/aromatic N) is 1. The lowest BCUT2D eigenvalue weighted by molar-refractivity contribution is -0.150. The number of fused-ring (bicyclic) bond motifs is 3. The van der Waals surface area contributed by atoms with E-state index in [9.17, 15) is 13.2 Å². The maximum absolute atomic E-state index is 13.6. The average Bonchev–Trinajstić information content (AvgIpc) is 2.93. The van der Waals surface area contributed by atoms with Gasteiger partial charge in [0.15, 0.2) is 15.4 Å². The van der Waals surface area contributed by atoms with Gasteiger partial charge in [0.05, 0.1) is 10.9 Å². The Bertz CT molecular complexity index is 939. The minimum atomic E-state index is -3.48. The molecule has 25 heavy (non-hydrogen) atoms. The van der Waals surface area contributed by atoms with Crippen LogP contribution in [0.5, 0.6) is 0 Å². The standard InChI is InChI=1S/C19H19NO4S/c21-15-10-12-11-18(25(22,23)13-6-2-1-3-7-13)16-17(18)20-9-5-4-8-14(20)19(12,16)24-15/h1-3,6-7,10,14,16-17H,4-5,8-9,11H2/t14?,16?,17-,18-,19-/m0/s1. The second-order valence-electron chi connectivity index (χ2n) is 8.00. The molecule has 6 heteroatoms. The Balaban J connectivity index is 1.55. The predicted octanol–water partition coefficient (Wildman–Crippen LogP) is 1.69. The van der Waals surface area contributed by atoms with Crippen molar-refractivity contribution in [1.82, 2.24) is 4.90 Å². The van der Waals surface area contributed by atoms with Gasteiger partial charge in [-0.3, -0.25) is 4.90 Å². The Morgan fingerprint density at radius 1 is 1.16 bits per heavy atom. The number of carbonyl (C=O) groups excluding carboxylic acids is 1. The maximum Gasteiger partial charge on any atom is 0.331 e. The van der Waals surface area contributed by atoms with E-state index < -0.39 is 20.2 Å². The number of ether oxygens (including phenoxy) is 1. The van der Waals surface area contributed by atoms with Crippen LogP contribution < -0.4 is 0 Å². The highest BCUT2D eigenvalue weighted by Crippen LogP contribution is 2.78. The summed E-state index contributed by atoms with van der Waals surface area (Å²) in [5.74, 6) is -0.398. The molecule has 5 nitrogen and oxygen atoms in total. The Kier molecular flexibility index (Phi) is 2.42. The van der Waals surface area contributed by atoms with E-state index in [2.05, 4.69) is 4.90 Å². The van der Waals surface area contributed by atoms with E-state index in [4.69, 9.17) is 4.74 Å². The molecule has 0 amide bonds. The zero-order chi connectivity index (χ0) is 17.0. The monoisotopic (exact) mass is 357 g/mol. The number of hydrogen-bond donors (Lipinski definition) is 0. The summed E-state index contributed by atoms with van der Waals surface area (Å²) in [4.78, 5) is 14.8. The van der Waals surface area contributed by atoms with Gasteiger partial charge < -0.3 is 4.74 Å². The predicted molar refractivity (Wildman–Crippen MR) is 89.5 cm³/mol. The number of benzene rings is 1. The second-order valence-corrected chi connectivity index (χ2v) is 10.2. The molecule has 2 saturated heterocycles. The molecule has 2 unspecified atom stereocenters. The van der Waals surface area contributed by atoms with Gasteiger partial charge in [-0.1, -0.05) is 24.6 Å². The van der Waals surface area contributed by atoms with Crippen LogP contribution in [0.25, 0.3) is 0 Å². The van der Waals surface area contributed by atoms with Crippen LogP contribution in [-0.2, 0) is 19.4 Å². The van der Waals surface area contributed by atoms with Gasteiger partial charge in [0, 0.05) is 18.0 Å². The summed E-state index contributed by atoms with van der Waals surface area (Å²) in [7, 11) is -3.48. The molecule has 6 rings (SSSR count). The van der Waals surface area contributed by atoms with Crippen molar-refractivity contribution in [2.24, 2.45) is 5.92 Å². The van der Waals surface area contributed by atoms with Gasteiger partial charge in [-0.2, -0.15) is 0 Å². The number of hydrogen-bond acceptors (Lipinski definition) is 5. The van der Waals surface area contributed by atoms with Crippen LogP contribution in [0.4, 0.5) is 0 Å². The van der Waals surface area contributed by atoms with Crippen molar-refractivity contribution < 1.29 is 17.9 Å². The number of piperidine rings is 2. The highest BCUT2D eigenvalue weighted by molar-refractivity contribution is 7.93. The fraction of sp³-hybridized carbons (Fsp3) is 0.526. The highest BCUT2D eigenvalue weighted by Gasteiger charge is 2.92. The molecule has 1 aromatic carbocycles. The lowest BCUT2D eigenvalue weighted by Gasteiger charge is -2.40. The maximum atomic E-state index is 13.6. The average molecular weight is 357 g/mol. The van der Waals surface area contributed by atoms with Crippen molar-refractivity contribution in [2.45, 2.75) is 53.0 Å². The van der Waals surface area contributed by atoms with E-state index in [-0.39, 0.29) is 24.0 Å². The third-order valence-electron chi connectivity index (χ3n) is 7.18. The van der Waals surface area contributed by atoms with E-state index in [1.54, 1.807) is 30.3 Å². The minimum Gasteiger partial charge on any atom is -0.449 e. The molecular formula is C19H19NO4S. The van der Waals surface area contributed by atoms with Crippen molar-refractivity contribution in [3.63, 3.8) is 0 Å². The van der Waals surface area contributed by atoms with Crippen LogP contribution in [0, 0.1) is 5.92 Å². The summed E-state index contributed by atoms with van der Waals surface area (Å²) in [6, 6.07) is 8.91. The molecule has 5 atom stereocenters. The second kappa shape index (κ2) is 4.18. The summed E-state index contributed by atoms with van der Waals surface area (Å²) in [6.45, 7) is 0.907. The van der Waals surface area contributed by atoms with Crippen LogP contribution >= 0.6 is 0 Å². The smallest absolute Gasteiger partial charge is 0.331 e. The lowest BCUT2D eigenvalue weighted by atomic mass is 9.84. The highest BCUT2D eigenvalue weighted by atomic mass is 32.2. The van der Waals surface area contributed by atoms with E-state index in [1.807, 2.05) is 6.07 Å². The normalized spacial score (nSPS) is 43.9. The number of sulfone groups is 1. The first-order chi connectivity index (χ1) is 12.0. The third kappa shape index (κ3) is 1.36. The molecule has 1 spiro atoms. The van der Waals surface area contributed by atoms with Crippen molar-refractivity contribution in [1.29, 1.82) is 0 Å².